The maximum Gasteiger partial charge on any atom is 0.283 e. The number of nitrogens with one attached hydrogen (secondary N) is 1. The molecule has 0 atom stereocenters. The zero-order chi connectivity index (χ0) is 23.7. The highest BCUT2D eigenvalue weighted by atomic mass is 16.7. The highest BCUT2D eigenvalue weighted by Gasteiger charge is 2.26. The Morgan fingerprint density at radius 3 is 2.68 bits per heavy atom. The van der Waals surface area contributed by atoms with E-state index in [-0.39, 0.29) is 29.1 Å². The van der Waals surface area contributed by atoms with E-state index in [1.54, 1.807) is 10.8 Å². The lowest BCUT2D eigenvalue weighted by molar-refractivity contribution is 0.176. The van der Waals surface area contributed by atoms with Crippen molar-refractivity contribution in [1.82, 2.24) is 14.2 Å². The molecule has 2 N–H and O–H groups in total. The second-order valence-electron chi connectivity index (χ2n) is 9.02. The predicted molar refractivity (Wildman–Crippen MR) is 130 cm³/mol. The molecule has 176 valence electrons. The largest absolute Gasteiger partial charge is 0.492 e. The van der Waals surface area contributed by atoms with Crippen LogP contribution >= 0.6 is 0 Å². The zero-order valence-electron chi connectivity index (χ0n) is 19.3. The molecule has 0 radical (unpaired) electrons. The van der Waals surface area contributed by atoms with Gasteiger partial charge in [0.1, 0.15) is 12.4 Å². The Labute approximate surface area is 197 Å². The summed E-state index contributed by atoms with van der Waals surface area (Å²) < 4.78 is 9.02. The molecule has 0 unspecified atom stereocenters. The van der Waals surface area contributed by atoms with Gasteiger partial charge < -0.3 is 9.84 Å². The first-order valence-corrected chi connectivity index (χ1v) is 11.5. The first-order valence-electron chi connectivity index (χ1n) is 11.5. The third-order valence-corrected chi connectivity index (χ3v) is 5.68. The topological polar surface area (TPSA) is 90.0 Å². The van der Waals surface area contributed by atoms with E-state index >= 15 is 0 Å². The maximum atomic E-state index is 13.4. The Kier molecular flexibility index (Phi) is 5.98. The smallest absolute Gasteiger partial charge is 0.283 e. The van der Waals surface area contributed by atoms with Crippen LogP contribution in [0, 0.1) is 5.92 Å². The summed E-state index contributed by atoms with van der Waals surface area (Å²) >= 11 is 0. The molecule has 0 saturated heterocycles. The molecule has 2 aromatic carbocycles. The van der Waals surface area contributed by atoms with Crippen LogP contribution in [0.5, 0.6) is 11.6 Å². The summed E-state index contributed by atoms with van der Waals surface area (Å²) in [5.74, 6) is 0.633. The van der Waals surface area contributed by atoms with E-state index in [0.29, 0.717) is 24.5 Å². The van der Waals surface area contributed by atoms with Gasteiger partial charge in [0.25, 0.3) is 5.56 Å². The van der Waals surface area contributed by atoms with E-state index in [0.717, 1.165) is 29.5 Å². The lowest BCUT2D eigenvalue weighted by atomic mass is 10.1. The van der Waals surface area contributed by atoms with Crippen LogP contribution in [0.2, 0.25) is 0 Å². The number of ether oxygens (including phenoxy) is 1. The minimum absolute atomic E-state index is 0.00496. The summed E-state index contributed by atoms with van der Waals surface area (Å²) in [5, 5.41) is 15.3. The highest BCUT2D eigenvalue weighted by Crippen LogP contribution is 2.32. The Hall–Kier alpha value is -3.78. The summed E-state index contributed by atoms with van der Waals surface area (Å²) in [7, 11) is 0. The molecule has 2 aromatic heterocycles. The zero-order valence-corrected chi connectivity index (χ0v) is 19.3. The van der Waals surface area contributed by atoms with Gasteiger partial charge in [0.05, 0.1) is 12.3 Å². The van der Waals surface area contributed by atoms with Gasteiger partial charge in [0.2, 0.25) is 5.88 Å². The van der Waals surface area contributed by atoms with Gasteiger partial charge >= 0.3 is 0 Å². The molecule has 0 amide bonds. The molecule has 8 heteroatoms. The second kappa shape index (κ2) is 9.23. The standard InChI is InChI=1S/C26H28N4O4/c1-17(2)15-29-24-22(14-27-30(24)26(32)23(25(29)31)28-34-20-11-12-20)19-9-6-10-21(13-19)33-16-18-7-4-3-5-8-18/h3-10,13-14,17,20,28,32H,11-12,15-16H2,1-2H3. The number of rotatable bonds is 9. The van der Waals surface area contributed by atoms with Gasteiger partial charge in [-0.05, 0) is 42.0 Å². The maximum absolute atomic E-state index is 13.4. The average molecular weight is 461 g/mol. The minimum Gasteiger partial charge on any atom is -0.492 e. The molecular weight excluding hydrogens is 432 g/mol. The summed E-state index contributed by atoms with van der Waals surface area (Å²) in [6.07, 6.45) is 3.60. The lowest BCUT2D eigenvalue weighted by Gasteiger charge is -2.16. The SMILES string of the molecule is CC(C)Cn1c(=O)c(NOC2CC2)c(O)n2ncc(-c3cccc(OCc4ccccc4)c3)c12. The van der Waals surface area contributed by atoms with Gasteiger partial charge in [-0.15, -0.1) is 0 Å². The van der Waals surface area contributed by atoms with Crippen LogP contribution in [0.15, 0.2) is 65.6 Å². The van der Waals surface area contributed by atoms with Crippen LogP contribution in [-0.2, 0) is 18.0 Å². The van der Waals surface area contributed by atoms with Crippen LogP contribution < -0.4 is 15.8 Å². The minimum atomic E-state index is -0.349. The molecule has 5 rings (SSSR count). The summed E-state index contributed by atoms with van der Waals surface area (Å²) in [4.78, 5) is 18.9. The van der Waals surface area contributed by atoms with E-state index in [2.05, 4.69) is 10.6 Å². The van der Waals surface area contributed by atoms with Crippen molar-refractivity contribution in [2.45, 2.75) is 45.9 Å². The fourth-order valence-corrected chi connectivity index (χ4v) is 3.84. The average Bonchev–Trinajstić information content (AvgIpc) is 3.56. The number of nitrogens with zero attached hydrogens (tertiary/aromatic N) is 3. The Bertz CT molecular complexity index is 1360. The van der Waals surface area contributed by atoms with Crippen molar-refractivity contribution in [3.8, 4) is 22.8 Å². The van der Waals surface area contributed by atoms with Crippen molar-refractivity contribution >= 4 is 11.3 Å². The van der Waals surface area contributed by atoms with Crippen molar-refractivity contribution in [1.29, 1.82) is 0 Å². The molecule has 0 aliphatic heterocycles. The fourth-order valence-electron chi connectivity index (χ4n) is 3.84. The number of anilines is 1. The number of aromatic nitrogens is 3. The molecule has 1 aliphatic carbocycles. The van der Waals surface area contributed by atoms with Crippen LogP contribution in [0.25, 0.3) is 16.8 Å². The van der Waals surface area contributed by atoms with Crippen LogP contribution in [0.1, 0.15) is 32.3 Å². The van der Waals surface area contributed by atoms with Crippen molar-refractivity contribution in [3.05, 3.63) is 76.7 Å². The van der Waals surface area contributed by atoms with E-state index in [1.165, 1.54) is 4.52 Å². The summed E-state index contributed by atoms with van der Waals surface area (Å²) in [5.41, 5.74) is 5.49. The number of benzene rings is 2. The molecule has 2 heterocycles. The van der Waals surface area contributed by atoms with Crippen molar-refractivity contribution < 1.29 is 14.7 Å². The number of aromatic hydroxyl groups is 1. The monoisotopic (exact) mass is 460 g/mol. The van der Waals surface area contributed by atoms with Gasteiger partial charge in [0, 0.05) is 12.1 Å². The highest BCUT2D eigenvalue weighted by molar-refractivity contribution is 5.79. The van der Waals surface area contributed by atoms with E-state index in [1.807, 2.05) is 68.4 Å². The predicted octanol–water partition coefficient (Wildman–Crippen LogP) is 4.61. The molecule has 8 nitrogen and oxygen atoms in total. The Morgan fingerprint density at radius 1 is 1.15 bits per heavy atom. The second-order valence-corrected chi connectivity index (χ2v) is 9.02. The first-order chi connectivity index (χ1) is 16.5. The van der Waals surface area contributed by atoms with Crippen LogP contribution in [-0.4, -0.2) is 25.4 Å². The quantitative estimate of drug-likeness (QED) is 0.355. The molecule has 1 saturated carbocycles. The molecule has 0 spiro atoms. The molecule has 4 aromatic rings. The van der Waals surface area contributed by atoms with Gasteiger partial charge in [-0.25, -0.2) is 0 Å². The number of hydrogen-bond donors (Lipinski definition) is 2. The molecular formula is C26H28N4O4. The molecule has 1 aliphatic rings. The van der Waals surface area contributed by atoms with Gasteiger partial charge in [-0.2, -0.15) is 9.61 Å². The van der Waals surface area contributed by atoms with Crippen molar-refractivity contribution in [3.63, 3.8) is 0 Å². The van der Waals surface area contributed by atoms with Gasteiger partial charge in [-0.1, -0.05) is 56.3 Å². The van der Waals surface area contributed by atoms with Crippen LogP contribution in [0.4, 0.5) is 5.69 Å². The van der Waals surface area contributed by atoms with E-state index in [9.17, 15) is 9.90 Å². The Balaban J connectivity index is 1.54. The van der Waals surface area contributed by atoms with Crippen LogP contribution in [0.3, 0.4) is 0 Å². The Morgan fingerprint density at radius 2 is 1.94 bits per heavy atom. The number of fused-ring (bicyclic) bond motifs is 1. The third-order valence-electron chi connectivity index (χ3n) is 5.68. The fraction of sp³-hybridized carbons (Fsp3) is 0.308. The summed E-state index contributed by atoms with van der Waals surface area (Å²) in [6, 6.07) is 17.6. The molecule has 1 fully saturated rings. The molecule has 34 heavy (non-hydrogen) atoms. The van der Waals surface area contributed by atoms with Crippen molar-refractivity contribution in [2.75, 3.05) is 5.48 Å². The normalized spacial score (nSPS) is 13.5. The number of hydrogen-bond acceptors (Lipinski definition) is 6. The van der Waals surface area contributed by atoms with Gasteiger partial charge in [-0.3, -0.25) is 19.7 Å². The summed E-state index contributed by atoms with van der Waals surface area (Å²) in [6.45, 7) is 4.99. The van der Waals surface area contributed by atoms with Crippen molar-refractivity contribution in [2.24, 2.45) is 5.92 Å². The van der Waals surface area contributed by atoms with Gasteiger partial charge in [0.15, 0.2) is 11.3 Å². The molecule has 0 bridgehead atoms. The third kappa shape index (κ3) is 4.49. The lowest BCUT2D eigenvalue weighted by Crippen LogP contribution is -2.28. The van der Waals surface area contributed by atoms with E-state index < -0.39 is 0 Å². The van der Waals surface area contributed by atoms with E-state index in [4.69, 9.17) is 9.57 Å². The first kappa shape index (κ1) is 22.0.